The lowest BCUT2D eigenvalue weighted by Crippen LogP contribution is -2.50. The van der Waals surface area contributed by atoms with Crippen molar-refractivity contribution < 1.29 is 37.3 Å². The van der Waals surface area contributed by atoms with Gasteiger partial charge in [-0.3, -0.25) is 4.79 Å². The molecule has 0 aromatic carbocycles. The van der Waals surface area contributed by atoms with Crippen molar-refractivity contribution >= 4 is 11.9 Å². The first-order valence-electron chi connectivity index (χ1n) is 4.90. The number of ether oxygens (including phenoxy) is 2. The topological polar surface area (TPSA) is 76.1 Å². The van der Waals surface area contributed by atoms with Crippen molar-refractivity contribution in [3.05, 3.63) is 0 Å². The molecule has 1 fully saturated rings. The fourth-order valence-electron chi connectivity index (χ4n) is 1.93. The minimum atomic E-state index is -5.13. The van der Waals surface area contributed by atoms with Crippen LogP contribution >= 0.6 is 0 Å². The zero-order chi connectivity index (χ0) is 14.1. The van der Waals surface area contributed by atoms with E-state index in [1.54, 1.807) is 0 Å². The Morgan fingerprint density at radius 2 is 1.83 bits per heavy atom. The van der Waals surface area contributed by atoms with Gasteiger partial charge in [0.15, 0.2) is 6.04 Å². The lowest BCUT2D eigenvalue weighted by atomic mass is 10.1. The van der Waals surface area contributed by atoms with Crippen LogP contribution in [0.4, 0.5) is 13.2 Å². The fraction of sp³-hybridized carbons (Fsp3) is 0.778. The summed E-state index contributed by atoms with van der Waals surface area (Å²) in [4.78, 5) is 22.3. The molecule has 0 aromatic rings. The summed E-state index contributed by atoms with van der Waals surface area (Å²) in [6.45, 7) is -0.482. The fourth-order valence-corrected chi connectivity index (χ4v) is 1.93. The van der Waals surface area contributed by atoms with E-state index in [1.807, 2.05) is 0 Å². The second kappa shape index (κ2) is 5.11. The van der Waals surface area contributed by atoms with Crippen LogP contribution in [0.3, 0.4) is 0 Å². The Bertz CT molecular complexity index is 346. The summed E-state index contributed by atoms with van der Waals surface area (Å²) in [7, 11) is 2.35. The number of likely N-dealkylation sites (tertiary alicyclic amines) is 1. The van der Waals surface area contributed by atoms with Crippen LogP contribution in [0.5, 0.6) is 0 Å². The van der Waals surface area contributed by atoms with Gasteiger partial charge in [0.25, 0.3) is 0 Å². The molecule has 0 saturated carbocycles. The van der Waals surface area contributed by atoms with Crippen LogP contribution in [0, 0.1) is 0 Å². The number of hydrogen-bond acceptors (Lipinski definition) is 4. The summed E-state index contributed by atoms with van der Waals surface area (Å²) in [5, 5.41) is 8.92. The van der Waals surface area contributed by atoms with Gasteiger partial charge in [0, 0.05) is 14.2 Å². The number of alkyl halides is 3. The Balaban J connectivity index is 3.04. The van der Waals surface area contributed by atoms with Crippen molar-refractivity contribution in [3.8, 4) is 0 Å². The molecule has 1 amide bonds. The molecule has 0 bridgehead atoms. The van der Waals surface area contributed by atoms with Gasteiger partial charge in [-0.05, 0) is 0 Å². The number of rotatable bonds is 3. The van der Waals surface area contributed by atoms with E-state index in [0.717, 1.165) is 7.11 Å². The van der Waals surface area contributed by atoms with E-state index in [-0.39, 0.29) is 4.90 Å². The lowest BCUT2D eigenvalue weighted by Gasteiger charge is -2.24. The molecular weight excluding hydrogens is 259 g/mol. The molecule has 18 heavy (non-hydrogen) atoms. The number of halogens is 3. The molecule has 1 saturated heterocycles. The highest BCUT2D eigenvalue weighted by molar-refractivity contribution is 5.88. The summed E-state index contributed by atoms with van der Waals surface area (Å²) in [5.74, 6) is -3.78. The minimum Gasteiger partial charge on any atom is -0.480 e. The molecular formula is C9H12F3NO5. The standard InChI is InChI=1S/C9H12F3NO5/c1-17-4-3-13(8(16)9(10,11)12)5(7(14)15)6(4)18-2/h4-6H,3H2,1-2H3,(H,14,15)/t4-,5-,6-/m1/s1. The molecule has 0 aliphatic carbocycles. The van der Waals surface area contributed by atoms with Crippen LogP contribution in [0.25, 0.3) is 0 Å². The van der Waals surface area contributed by atoms with Crippen LogP contribution in [0.15, 0.2) is 0 Å². The van der Waals surface area contributed by atoms with Gasteiger partial charge in [0.2, 0.25) is 0 Å². The smallest absolute Gasteiger partial charge is 0.471 e. The van der Waals surface area contributed by atoms with E-state index < -0.39 is 42.8 Å². The predicted molar refractivity (Wildman–Crippen MR) is 50.8 cm³/mol. The first kappa shape index (κ1) is 14.7. The highest BCUT2D eigenvalue weighted by Gasteiger charge is 2.55. The predicted octanol–water partition coefficient (Wildman–Crippen LogP) is -0.126. The van der Waals surface area contributed by atoms with E-state index in [1.165, 1.54) is 7.11 Å². The summed E-state index contributed by atoms with van der Waals surface area (Å²) in [5.41, 5.74) is 0. The van der Waals surface area contributed by atoms with Crippen LogP contribution < -0.4 is 0 Å². The van der Waals surface area contributed by atoms with E-state index in [4.69, 9.17) is 14.6 Å². The van der Waals surface area contributed by atoms with Gasteiger partial charge in [-0.15, -0.1) is 0 Å². The molecule has 0 unspecified atom stereocenters. The van der Waals surface area contributed by atoms with E-state index in [2.05, 4.69) is 0 Å². The van der Waals surface area contributed by atoms with Crippen molar-refractivity contribution in [1.29, 1.82) is 0 Å². The number of nitrogens with zero attached hydrogens (tertiary/aromatic N) is 1. The molecule has 0 radical (unpaired) electrons. The zero-order valence-electron chi connectivity index (χ0n) is 9.60. The van der Waals surface area contributed by atoms with Crippen molar-refractivity contribution in [2.75, 3.05) is 20.8 Å². The number of carboxylic acids is 1. The Morgan fingerprint density at radius 1 is 1.28 bits per heavy atom. The molecule has 1 heterocycles. The Labute approximate surface area is 100 Å². The molecule has 1 aliphatic heterocycles. The third kappa shape index (κ3) is 2.56. The van der Waals surface area contributed by atoms with Gasteiger partial charge < -0.3 is 19.5 Å². The third-order valence-corrected chi connectivity index (χ3v) is 2.72. The maximum Gasteiger partial charge on any atom is 0.471 e. The number of carbonyl (C=O) groups is 2. The largest absolute Gasteiger partial charge is 0.480 e. The molecule has 0 spiro atoms. The van der Waals surface area contributed by atoms with Crippen molar-refractivity contribution in [1.82, 2.24) is 4.90 Å². The average molecular weight is 271 g/mol. The third-order valence-electron chi connectivity index (χ3n) is 2.72. The molecule has 6 nitrogen and oxygen atoms in total. The normalized spacial score (nSPS) is 28.5. The van der Waals surface area contributed by atoms with E-state index in [9.17, 15) is 22.8 Å². The second-order valence-corrected chi connectivity index (χ2v) is 3.71. The summed E-state index contributed by atoms with van der Waals surface area (Å²) >= 11 is 0. The minimum absolute atomic E-state index is 0.213. The summed E-state index contributed by atoms with van der Waals surface area (Å²) in [6.07, 6.45) is -7.18. The number of hydrogen-bond donors (Lipinski definition) is 1. The van der Waals surface area contributed by atoms with Crippen molar-refractivity contribution in [2.24, 2.45) is 0 Å². The van der Waals surface area contributed by atoms with Crippen LogP contribution in [-0.4, -0.2) is 67.1 Å². The van der Waals surface area contributed by atoms with Crippen LogP contribution in [0.2, 0.25) is 0 Å². The van der Waals surface area contributed by atoms with Gasteiger partial charge >= 0.3 is 18.1 Å². The molecule has 0 aromatic heterocycles. The number of carboxylic acid groups (broad SMARTS) is 1. The number of amides is 1. The van der Waals surface area contributed by atoms with Gasteiger partial charge in [0.05, 0.1) is 6.54 Å². The van der Waals surface area contributed by atoms with Gasteiger partial charge in [0.1, 0.15) is 12.2 Å². The monoisotopic (exact) mass is 271 g/mol. The Hall–Kier alpha value is -1.35. The maximum absolute atomic E-state index is 12.3. The Morgan fingerprint density at radius 3 is 2.17 bits per heavy atom. The molecule has 1 N–H and O–H groups in total. The van der Waals surface area contributed by atoms with Gasteiger partial charge in [-0.1, -0.05) is 0 Å². The van der Waals surface area contributed by atoms with Crippen LogP contribution in [-0.2, 0) is 19.1 Å². The maximum atomic E-state index is 12.3. The highest BCUT2D eigenvalue weighted by Crippen LogP contribution is 2.28. The number of methoxy groups -OCH3 is 2. The molecule has 9 heteroatoms. The highest BCUT2D eigenvalue weighted by atomic mass is 19.4. The lowest BCUT2D eigenvalue weighted by molar-refractivity contribution is -0.189. The van der Waals surface area contributed by atoms with Gasteiger partial charge in [-0.2, -0.15) is 13.2 Å². The van der Waals surface area contributed by atoms with E-state index >= 15 is 0 Å². The zero-order valence-corrected chi connectivity index (χ0v) is 9.60. The Kier molecular flexibility index (Phi) is 4.17. The summed E-state index contributed by atoms with van der Waals surface area (Å²) in [6, 6.07) is -1.71. The SMILES string of the molecule is CO[C@@H]1[C@H](OC)CN(C(=O)C(F)(F)F)[C@H]1C(=O)O. The average Bonchev–Trinajstić information content (AvgIpc) is 2.64. The van der Waals surface area contributed by atoms with Crippen LogP contribution in [0.1, 0.15) is 0 Å². The van der Waals surface area contributed by atoms with Crippen molar-refractivity contribution in [3.63, 3.8) is 0 Å². The van der Waals surface area contributed by atoms with Crippen molar-refractivity contribution in [2.45, 2.75) is 24.4 Å². The number of carbonyl (C=O) groups excluding carboxylic acids is 1. The second-order valence-electron chi connectivity index (χ2n) is 3.71. The molecule has 104 valence electrons. The van der Waals surface area contributed by atoms with Gasteiger partial charge in [-0.25, -0.2) is 4.79 Å². The quantitative estimate of drug-likeness (QED) is 0.774. The summed E-state index contributed by atoms with van der Waals surface area (Å²) < 4.78 is 46.7. The first-order chi connectivity index (χ1) is 8.23. The molecule has 3 atom stereocenters. The van der Waals surface area contributed by atoms with E-state index in [0.29, 0.717) is 0 Å². The first-order valence-corrected chi connectivity index (χ1v) is 4.90. The molecule has 1 rings (SSSR count). The molecule has 1 aliphatic rings. The number of aliphatic carboxylic acids is 1.